The summed E-state index contributed by atoms with van der Waals surface area (Å²) in [5.41, 5.74) is 1.96. The summed E-state index contributed by atoms with van der Waals surface area (Å²) in [5.74, 6) is -2.05. The van der Waals surface area contributed by atoms with Crippen LogP contribution in [0.1, 0.15) is 53.0 Å². The molecule has 25 heavy (non-hydrogen) atoms. The number of fused-ring (bicyclic) bond motifs is 3. The molecule has 4 rings (SSSR count). The Bertz CT molecular complexity index is 1070. The second-order valence-corrected chi connectivity index (χ2v) is 6.50. The van der Waals surface area contributed by atoms with E-state index in [0.29, 0.717) is 11.7 Å². The minimum Gasteiger partial charge on any atom is -0.343 e. The molecule has 4 nitrogen and oxygen atoms in total. The van der Waals surface area contributed by atoms with E-state index in [9.17, 15) is 18.4 Å². The number of carbonyl (C=O) groups is 1. The Balaban J connectivity index is 1.96. The average molecular weight is 342 g/mol. The fraction of sp³-hybridized carbons (Fsp3) is 0.263. The number of hydrogen-bond donors (Lipinski definition) is 1. The van der Waals surface area contributed by atoms with Gasteiger partial charge in [-0.15, -0.1) is 0 Å². The third-order valence-electron chi connectivity index (χ3n) is 4.86. The number of ketones is 1. The van der Waals surface area contributed by atoms with Gasteiger partial charge in [0, 0.05) is 23.5 Å². The van der Waals surface area contributed by atoms with Crippen molar-refractivity contribution in [3.8, 4) is 0 Å². The van der Waals surface area contributed by atoms with Gasteiger partial charge in [0.15, 0.2) is 5.78 Å². The first-order valence-corrected chi connectivity index (χ1v) is 8.23. The van der Waals surface area contributed by atoms with Gasteiger partial charge >= 0.3 is 0 Å². The first kappa shape index (κ1) is 15.7. The van der Waals surface area contributed by atoms with Crippen molar-refractivity contribution in [3.63, 3.8) is 0 Å². The highest BCUT2D eigenvalue weighted by atomic mass is 19.1. The van der Waals surface area contributed by atoms with E-state index in [1.807, 2.05) is 6.92 Å². The summed E-state index contributed by atoms with van der Waals surface area (Å²) < 4.78 is 28.7. The molecule has 1 atom stereocenters. The zero-order valence-corrected chi connectivity index (χ0v) is 13.6. The predicted molar refractivity (Wildman–Crippen MR) is 89.2 cm³/mol. The number of nitrogens with one attached hydrogen (secondary N) is 1. The van der Waals surface area contributed by atoms with Crippen LogP contribution in [-0.2, 0) is 6.42 Å². The molecule has 0 aliphatic heterocycles. The number of H-pyrrole nitrogens is 1. The van der Waals surface area contributed by atoms with Crippen LogP contribution in [0.5, 0.6) is 0 Å². The largest absolute Gasteiger partial charge is 0.343 e. The molecule has 0 spiro atoms. The summed E-state index contributed by atoms with van der Waals surface area (Å²) in [6.45, 7) is 2.05. The Morgan fingerprint density at radius 1 is 1.20 bits per heavy atom. The van der Waals surface area contributed by atoms with Crippen LogP contribution >= 0.6 is 0 Å². The van der Waals surface area contributed by atoms with Crippen molar-refractivity contribution >= 4 is 11.4 Å². The molecular weight excluding hydrogens is 326 g/mol. The highest BCUT2D eigenvalue weighted by molar-refractivity contribution is 6.12. The van der Waals surface area contributed by atoms with Gasteiger partial charge in [0.05, 0.1) is 11.1 Å². The number of aryl methyl sites for hydroxylation is 1. The molecule has 1 aliphatic carbocycles. The SMILES string of the molecule is CC1CCCc2[nH]c3c(C(=O)c4ccc(F)cc4F)ccc(=O)n3c21. The normalized spacial score (nSPS) is 16.8. The number of benzene rings is 1. The Labute approximate surface area is 142 Å². The molecule has 0 bridgehead atoms. The topological polar surface area (TPSA) is 54.3 Å². The molecular formula is C19H16F2N2O2. The van der Waals surface area contributed by atoms with Gasteiger partial charge in [-0.2, -0.15) is 0 Å². The molecule has 3 aromatic rings. The van der Waals surface area contributed by atoms with E-state index in [0.717, 1.165) is 42.8 Å². The quantitative estimate of drug-likeness (QED) is 0.724. The van der Waals surface area contributed by atoms with Crippen molar-refractivity contribution in [2.75, 3.05) is 0 Å². The molecule has 1 aliphatic rings. The Morgan fingerprint density at radius 2 is 1.96 bits per heavy atom. The first-order valence-electron chi connectivity index (χ1n) is 8.23. The van der Waals surface area contributed by atoms with Crippen LogP contribution < -0.4 is 5.56 Å². The van der Waals surface area contributed by atoms with Gasteiger partial charge in [0.1, 0.15) is 17.3 Å². The number of pyridine rings is 1. The second kappa shape index (κ2) is 5.65. The summed E-state index contributed by atoms with van der Waals surface area (Å²) in [5, 5.41) is 0. The zero-order valence-electron chi connectivity index (χ0n) is 13.6. The van der Waals surface area contributed by atoms with Gasteiger partial charge in [-0.05, 0) is 43.4 Å². The Morgan fingerprint density at radius 3 is 2.72 bits per heavy atom. The Kier molecular flexibility index (Phi) is 3.56. The van der Waals surface area contributed by atoms with Gasteiger partial charge in [-0.1, -0.05) is 6.92 Å². The van der Waals surface area contributed by atoms with E-state index in [1.165, 1.54) is 16.5 Å². The lowest BCUT2D eigenvalue weighted by molar-refractivity contribution is 0.103. The van der Waals surface area contributed by atoms with Crippen LogP contribution in [-0.4, -0.2) is 15.2 Å². The number of nitrogens with zero attached hydrogens (tertiary/aromatic N) is 1. The highest BCUT2D eigenvalue weighted by Crippen LogP contribution is 2.32. The van der Waals surface area contributed by atoms with Gasteiger partial charge in [0.2, 0.25) is 0 Å². The van der Waals surface area contributed by atoms with Crippen LogP contribution in [0.25, 0.3) is 5.65 Å². The zero-order chi connectivity index (χ0) is 17.7. The number of imidazole rings is 1. The molecule has 128 valence electrons. The number of hydrogen-bond acceptors (Lipinski definition) is 2. The molecule has 0 saturated heterocycles. The van der Waals surface area contributed by atoms with Crippen LogP contribution in [0.2, 0.25) is 0 Å². The van der Waals surface area contributed by atoms with E-state index in [4.69, 9.17) is 0 Å². The average Bonchev–Trinajstić information content (AvgIpc) is 2.96. The van der Waals surface area contributed by atoms with Crippen molar-refractivity contribution in [1.82, 2.24) is 9.38 Å². The molecule has 0 saturated carbocycles. The molecule has 0 fully saturated rings. The van der Waals surface area contributed by atoms with Gasteiger partial charge in [-0.25, -0.2) is 8.78 Å². The van der Waals surface area contributed by atoms with Crippen molar-refractivity contribution in [1.29, 1.82) is 0 Å². The number of rotatable bonds is 2. The molecule has 1 unspecified atom stereocenters. The van der Waals surface area contributed by atoms with E-state index in [-0.39, 0.29) is 22.6 Å². The smallest absolute Gasteiger partial charge is 0.256 e. The second-order valence-electron chi connectivity index (χ2n) is 6.50. The maximum absolute atomic E-state index is 14.0. The molecule has 1 aromatic carbocycles. The van der Waals surface area contributed by atoms with Crippen LogP contribution in [0.4, 0.5) is 8.78 Å². The van der Waals surface area contributed by atoms with Crippen LogP contribution in [0.15, 0.2) is 35.1 Å². The third-order valence-corrected chi connectivity index (χ3v) is 4.86. The first-order chi connectivity index (χ1) is 12.0. The number of halogens is 2. The fourth-order valence-electron chi connectivity index (χ4n) is 3.68. The molecule has 0 amide bonds. The lowest BCUT2D eigenvalue weighted by Crippen LogP contribution is -2.19. The summed E-state index contributed by atoms with van der Waals surface area (Å²) in [4.78, 5) is 28.4. The third kappa shape index (κ3) is 2.40. The maximum Gasteiger partial charge on any atom is 0.256 e. The van der Waals surface area contributed by atoms with E-state index in [2.05, 4.69) is 4.98 Å². The molecule has 2 heterocycles. The van der Waals surface area contributed by atoms with E-state index in [1.54, 1.807) is 0 Å². The summed E-state index contributed by atoms with van der Waals surface area (Å²) in [6.07, 6.45) is 2.78. The fourth-order valence-corrected chi connectivity index (χ4v) is 3.68. The molecule has 2 aromatic heterocycles. The number of aromatic amines is 1. The van der Waals surface area contributed by atoms with Gasteiger partial charge in [0.25, 0.3) is 5.56 Å². The lowest BCUT2D eigenvalue weighted by atomic mass is 9.91. The lowest BCUT2D eigenvalue weighted by Gasteiger charge is -2.18. The summed E-state index contributed by atoms with van der Waals surface area (Å²) in [7, 11) is 0. The van der Waals surface area contributed by atoms with Crippen molar-refractivity contribution in [2.45, 2.75) is 32.1 Å². The number of aromatic nitrogens is 2. The van der Waals surface area contributed by atoms with Crippen LogP contribution in [0, 0.1) is 11.6 Å². The number of carbonyl (C=O) groups excluding carboxylic acids is 1. The van der Waals surface area contributed by atoms with Crippen molar-refractivity contribution in [3.05, 3.63) is 74.8 Å². The standard InChI is InChI=1S/C19H16F2N2O2/c1-10-3-2-4-15-17(10)23-16(24)8-7-13(19(23)22-15)18(25)12-6-5-11(20)9-14(12)21/h5-10,22H,2-4H2,1H3. The van der Waals surface area contributed by atoms with Crippen molar-refractivity contribution in [2.24, 2.45) is 0 Å². The highest BCUT2D eigenvalue weighted by Gasteiger charge is 2.26. The minimum absolute atomic E-state index is 0.197. The monoisotopic (exact) mass is 342 g/mol. The van der Waals surface area contributed by atoms with E-state index < -0.39 is 17.4 Å². The summed E-state index contributed by atoms with van der Waals surface area (Å²) in [6, 6.07) is 5.57. The van der Waals surface area contributed by atoms with E-state index >= 15 is 0 Å². The van der Waals surface area contributed by atoms with Crippen LogP contribution in [0.3, 0.4) is 0 Å². The predicted octanol–water partition coefficient (Wildman–Crippen LogP) is 3.58. The Hall–Kier alpha value is -2.76. The minimum atomic E-state index is -0.918. The molecule has 6 heteroatoms. The molecule has 1 N–H and O–H groups in total. The van der Waals surface area contributed by atoms with Gasteiger partial charge < -0.3 is 4.98 Å². The van der Waals surface area contributed by atoms with Gasteiger partial charge in [-0.3, -0.25) is 14.0 Å². The van der Waals surface area contributed by atoms with Crippen molar-refractivity contribution < 1.29 is 13.6 Å². The molecule has 0 radical (unpaired) electrons. The summed E-state index contributed by atoms with van der Waals surface area (Å²) >= 11 is 0. The maximum atomic E-state index is 14.0.